The highest BCUT2D eigenvalue weighted by atomic mass is 14.8. The molecule has 0 spiro atoms. The molecular formula is C20H27N. The van der Waals surface area contributed by atoms with Crippen LogP contribution in [0, 0.1) is 0 Å². The van der Waals surface area contributed by atoms with Crippen LogP contribution in [0.25, 0.3) is 0 Å². The monoisotopic (exact) mass is 281 g/mol. The third-order valence-corrected chi connectivity index (χ3v) is 3.45. The van der Waals surface area contributed by atoms with Crippen molar-refractivity contribution in [3.05, 3.63) is 65.7 Å². The number of para-hydroxylation sites is 1. The van der Waals surface area contributed by atoms with Crippen molar-refractivity contribution >= 4 is 11.4 Å². The standard InChI is InChI=1S/C16H15N.2C2H6/c1-16(2)13-10-6-7-11-14(13)17-15(16)12-8-4-3-5-9-12;2*1-2/h3-11H,1-2H3;2*1-2H3. The topological polar surface area (TPSA) is 12.4 Å². The number of hydrogen-bond acceptors (Lipinski definition) is 1. The summed E-state index contributed by atoms with van der Waals surface area (Å²) in [7, 11) is 0. The maximum absolute atomic E-state index is 4.79. The molecule has 1 heterocycles. The molecule has 2 aromatic carbocycles. The zero-order chi connectivity index (χ0) is 15.9. The third-order valence-electron chi connectivity index (χ3n) is 3.45. The summed E-state index contributed by atoms with van der Waals surface area (Å²) in [4.78, 5) is 4.79. The molecule has 0 aliphatic carbocycles. The fraction of sp³-hybridized carbons (Fsp3) is 0.350. The second-order valence-corrected chi connectivity index (χ2v) is 4.97. The number of benzene rings is 2. The third kappa shape index (κ3) is 3.41. The summed E-state index contributed by atoms with van der Waals surface area (Å²) in [5, 5.41) is 0. The smallest absolute Gasteiger partial charge is 0.0675 e. The lowest BCUT2D eigenvalue weighted by molar-refractivity contribution is 0.737. The zero-order valence-corrected chi connectivity index (χ0v) is 14.1. The van der Waals surface area contributed by atoms with Crippen molar-refractivity contribution < 1.29 is 0 Å². The first-order chi connectivity index (χ1) is 10.2. The summed E-state index contributed by atoms with van der Waals surface area (Å²) in [6, 6.07) is 18.8. The molecule has 0 N–H and O–H groups in total. The number of aliphatic imine (C=N–C) groups is 1. The molecule has 0 fully saturated rings. The molecule has 0 saturated carbocycles. The lowest BCUT2D eigenvalue weighted by Gasteiger charge is -2.22. The molecule has 1 aliphatic heterocycles. The molecule has 1 nitrogen and oxygen atoms in total. The van der Waals surface area contributed by atoms with Crippen LogP contribution < -0.4 is 0 Å². The molecule has 3 rings (SSSR count). The van der Waals surface area contributed by atoms with Gasteiger partial charge in [-0.25, -0.2) is 0 Å². The Kier molecular flexibility index (Phi) is 6.36. The van der Waals surface area contributed by atoms with Crippen molar-refractivity contribution in [3.63, 3.8) is 0 Å². The number of nitrogens with zero attached hydrogens (tertiary/aromatic N) is 1. The molecule has 0 atom stereocenters. The van der Waals surface area contributed by atoms with E-state index >= 15 is 0 Å². The molecule has 21 heavy (non-hydrogen) atoms. The SMILES string of the molecule is CC.CC.CC1(C)C(c2ccccc2)=Nc2ccccc21. The fourth-order valence-electron chi connectivity index (χ4n) is 2.51. The van der Waals surface area contributed by atoms with Gasteiger partial charge in [-0.05, 0) is 17.2 Å². The van der Waals surface area contributed by atoms with E-state index in [4.69, 9.17) is 4.99 Å². The first-order valence-corrected chi connectivity index (χ1v) is 7.94. The molecule has 0 bridgehead atoms. The quantitative estimate of drug-likeness (QED) is 0.594. The summed E-state index contributed by atoms with van der Waals surface area (Å²) in [6.45, 7) is 12.5. The van der Waals surface area contributed by atoms with Gasteiger partial charge in [0.1, 0.15) is 0 Å². The Morgan fingerprint density at radius 2 is 1.24 bits per heavy atom. The molecule has 2 aromatic rings. The van der Waals surface area contributed by atoms with Gasteiger partial charge in [0.2, 0.25) is 0 Å². The van der Waals surface area contributed by atoms with Gasteiger partial charge >= 0.3 is 0 Å². The summed E-state index contributed by atoms with van der Waals surface area (Å²) >= 11 is 0. The van der Waals surface area contributed by atoms with Crippen molar-refractivity contribution in [2.75, 3.05) is 0 Å². The lowest BCUT2D eigenvalue weighted by atomic mass is 9.79. The van der Waals surface area contributed by atoms with E-state index < -0.39 is 0 Å². The second kappa shape index (κ2) is 7.78. The van der Waals surface area contributed by atoms with Crippen molar-refractivity contribution in [2.24, 2.45) is 4.99 Å². The van der Waals surface area contributed by atoms with E-state index in [1.165, 1.54) is 16.8 Å². The highest BCUT2D eigenvalue weighted by molar-refractivity contribution is 6.12. The molecule has 0 aromatic heterocycles. The van der Waals surface area contributed by atoms with E-state index in [2.05, 4.69) is 56.3 Å². The Morgan fingerprint density at radius 1 is 0.714 bits per heavy atom. The first kappa shape index (κ1) is 17.2. The van der Waals surface area contributed by atoms with Crippen molar-refractivity contribution in [3.8, 4) is 0 Å². The second-order valence-electron chi connectivity index (χ2n) is 4.97. The normalized spacial score (nSPS) is 13.9. The van der Waals surface area contributed by atoms with Crippen LogP contribution in [-0.2, 0) is 5.41 Å². The van der Waals surface area contributed by atoms with E-state index in [-0.39, 0.29) is 5.41 Å². The van der Waals surface area contributed by atoms with Gasteiger partial charge in [0.25, 0.3) is 0 Å². The minimum absolute atomic E-state index is 0.00204. The summed E-state index contributed by atoms with van der Waals surface area (Å²) in [6.07, 6.45) is 0. The van der Waals surface area contributed by atoms with Crippen LogP contribution in [0.1, 0.15) is 52.7 Å². The Balaban J connectivity index is 0.000000510. The summed E-state index contributed by atoms with van der Waals surface area (Å²) in [5.74, 6) is 0. The molecular weight excluding hydrogens is 254 g/mol. The van der Waals surface area contributed by atoms with Gasteiger partial charge in [0, 0.05) is 5.41 Å². The maximum Gasteiger partial charge on any atom is 0.0675 e. The van der Waals surface area contributed by atoms with Gasteiger partial charge in [-0.15, -0.1) is 0 Å². The summed E-state index contributed by atoms with van der Waals surface area (Å²) in [5.41, 5.74) is 4.81. The molecule has 112 valence electrons. The molecule has 1 heteroatoms. The predicted molar refractivity (Wildman–Crippen MR) is 94.8 cm³/mol. The molecule has 0 radical (unpaired) electrons. The van der Waals surface area contributed by atoms with E-state index in [0.717, 1.165) is 5.69 Å². The molecule has 0 unspecified atom stereocenters. The van der Waals surface area contributed by atoms with Crippen LogP contribution in [0.4, 0.5) is 5.69 Å². The van der Waals surface area contributed by atoms with E-state index in [0.29, 0.717) is 0 Å². The first-order valence-electron chi connectivity index (χ1n) is 7.94. The van der Waals surface area contributed by atoms with Gasteiger partial charge in [-0.2, -0.15) is 0 Å². The van der Waals surface area contributed by atoms with Gasteiger partial charge in [-0.1, -0.05) is 90.1 Å². The van der Waals surface area contributed by atoms with Gasteiger partial charge < -0.3 is 0 Å². The Labute approximate surface area is 129 Å². The van der Waals surface area contributed by atoms with Crippen molar-refractivity contribution in [1.82, 2.24) is 0 Å². The van der Waals surface area contributed by atoms with Crippen LogP contribution in [0.5, 0.6) is 0 Å². The predicted octanol–water partition coefficient (Wildman–Crippen LogP) is 6.15. The number of hydrogen-bond donors (Lipinski definition) is 0. The average Bonchev–Trinajstić information content (AvgIpc) is 2.84. The van der Waals surface area contributed by atoms with Gasteiger partial charge in [-0.3, -0.25) is 4.99 Å². The van der Waals surface area contributed by atoms with Crippen LogP contribution in [0.15, 0.2) is 59.6 Å². The van der Waals surface area contributed by atoms with E-state index in [1.54, 1.807) is 0 Å². The Hall–Kier alpha value is -1.89. The minimum atomic E-state index is -0.00204. The Morgan fingerprint density at radius 3 is 1.81 bits per heavy atom. The number of fused-ring (bicyclic) bond motifs is 1. The average molecular weight is 281 g/mol. The maximum atomic E-state index is 4.79. The lowest BCUT2D eigenvalue weighted by Crippen LogP contribution is -2.26. The molecule has 0 amide bonds. The van der Waals surface area contributed by atoms with E-state index in [1.807, 2.05) is 39.8 Å². The molecule has 0 saturated heterocycles. The Bertz CT molecular complexity index is 580. The van der Waals surface area contributed by atoms with Crippen molar-refractivity contribution in [2.45, 2.75) is 47.0 Å². The largest absolute Gasteiger partial charge is 0.252 e. The van der Waals surface area contributed by atoms with Crippen LogP contribution in [0.3, 0.4) is 0 Å². The van der Waals surface area contributed by atoms with Gasteiger partial charge in [0.15, 0.2) is 0 Å². The van der Waals surface area contributed by atoms with E-state index in [9.17, 15) is 0 Å². The fourth-order valence-corrected chi connectivity index (χ4v) is 2.51. The molecule has 1 aliphatic rings. The highest BCUT2D eigenvalue weighted by Crippen LogP contribution is 2.41. The highest BCUT2D eigenvalue weighted by Gasteiger charge is 2.35. The van der Waals surface area contributed by atoms with Crippen LogP contribution in [-0.4, -0.2) is 5.71 Å². The van der Waals surface area contributed by atoms with Crippen LogP contribution in [0.2, 0.25) is 0 Å². The zero-order valence-electron chi connectivity index (χ0n) is 14.1. The minimum Gasteiger partial charge on any atom is -0.252 e. The van der Waals surface area contributed by atoms with Crippen molar-refractivity contribution in [1.29, 1.82) is 0 Å². The number of rotatable bonds is 1. The summed E-state index contributed by atoms with van der Waals surface area (Å²) < 4.78 is 0. The van der Waals surface area contributed by atoms with Gasteiger partial charge in [0.05, 0.1) is 11.4 Å². The van der Waals surface area contributed by atoms with Crippen LogP contribution >= 0.6 is 0 Å².